The number of benzene rings is 1. The summed E-state index contributed by atoms with van der Waals surface area (Å²) in [6, 6.07) is 3.57. The molecule has 5 heteroatoms. The molecule has 0 aliphatic rings. The maximum atomic E-state index is 13.2. The molecule has 0 spiro atoms. The topological polar surface area (TPSA) is 66.0 Å². The Morgan fingerprint density at radius 2 is 2.00 bits per heavy atom. The monoisotopic (exact) mass is 262 g/mol. The molecule has 0 atom stereocenters. The molecule has 0 aliphatic carbocycles. The molecule has 0 amide bonds. The van der Waals surface area contributed by atoms with Crippen molar-refractivity contribution in [3.63, 3.8) is 0 Å². The molecule has 0 aliphatic heterocycles. The molecule has 1 aromatic carbocycles. The van der Waals surface area contributed by atoms with E-state index < -0.39 is 5.82 Å². The fraction of sp³-hybridized carbons (Fsp3) is 0.286. The predicted molar refractivity (Wildman–Crippen MR) is 70.7 cm³/mol. The second-order valence-corrected chi connectivity index (χ2v) is 4.77. The van der Waals surface area contributed by atoms with Crippen LogP contribution in [0.1, 0.15) is 31.0 Å². The van der Waals surface area contributed by atoms with Crippen molar-refractivity contribution in [3.05, 3.63) is 45.6 Å². The summed E-state index contributed by atoms with van der Waals surface area (Å²) < 4.78 is 13.2. The molecule has 100 valence electrons. The molecule has 1 aromatic heterocycles. The van der Waals surface area contributed by atoms with Crippen molar-refractivity contribution in [1.82, 2.24) is 9.97 Å². The summed E-state index contributed by atoms with van der Waals surface area (Å²) in [6.07, 6.45) is 0. The second kappa shape index (κ2) is 4.84. The highest BCUT2D eigenvalue weighted by Crippen LogP contribution is 2.23. The van der Waals surface area contributed by atoms with Gasteiger partial charge in [-0.1, -0.05) is 13.8 Å². The SMILES string of the molecule is Cc1nc(-c2cc(O)cc(F)c2)[nH]c(=O)c1C(C)C. The van der Waals surface area contributed by atoms with Gasteiger partial charge < -0.3 is 10.1 Å². The van der Waals surface area contributed by atoms with Crippen molar-refractivity contribution in [2.45, 2.75) is 26.7 Å². The summed E-state index contributed by atoms with van der Waals surface area (Å²) >= 11 is 0. The second-order valence-electron chi connectivity index (χ2n) is 4.77. The van der Waals surface area contributed by atoms with Crippen molar-refractivity contribution < 1.29 is 9.50 Å². The van der Waals surface area contributed by atoms with E-state index in [2.05, 4.69) is 9.97 Å². The number of hydrogen-bond donors (Lipinski definition) is 2. The zero-order valence-electron chi connectivity index (χ0n) is 11.0. The van der Waals surface area contributed by atoms with E-state index >= 15 is 0 Å². The number of halogens is 1. The molecule has 0 fully saturated rings. The van der Waals surface area contributed by atoms with Crippen LogP contribution in [0, 0.1) is 12.7 Å². The van der Waals surface area contributed by atoms with Crippen molar-refractivity contribution in [3.8, 4) is 17.1 Å². The van der Waals surface area contributed by atoms with Gasteiger partial charge in [0.05, 0.1) is 0 Å². The number of nitrogens with one attached hydrogen (secondary N) is 1. The largest absolute Gasteiger partial charge is 0.508 e. The Hall–Kier alpha value is -2.17. The van der Waals surface area contributed by atoms with E-state index in [9.17, 15) is 14.3 Å². The molecule has 19 heavy (non-hydrogen) atoms. The van der Waals surface area contributed by atoms with Gasteiger partial charge in [-0.25, -0.2) is 9.37 Å². The highest BCUT2D eigenvalue weighted by atomic mass is 19.1. The lowest BCUT2D eigenvalue weighted by molar-refractivity contribution is 0.469. The molecule has 0 bridgehead atoms. The minimum atomic E-state index is -0.580. The minimum Gasteiger partial charge on any atom is -0.508 e. The van der Waals surface area contributed by atoms with Gasteiger partial charge in [-0.05, 0) is 25.0 Å². The average Bonchev–Trinajstić information content (AvgIpc) is 2.25. The summed E-state index contributed by atoms with van der Waals surface area (Å²) in [7, 11) is 0. The number of nitrogens with zero attached hydrogens (tertiary/aromatic N) is 1. The number of phenolic OH excluding ortho intramolecular Hbond substituents is 1. The van der Waals surface area contributed by atoms with Crippen LogP contribution in [0.4, 0.5) is 4.39 Å². The van der Waals surface area contributed by atoms with Crippen LogP contribution in [-0.2, 0) is 0 Å². The van der Waals surface area contributed by atoms with Crippen molar-refractivity contribution in [1.29, 1.82) is 0 Å². The van der Waals surface area contributed by atoms with Crippen LogP contribution < -0.4 is 5.56 Å². The van der Waals surface area contributed by atoms with Crippen molar-refractivity contribution >= 4 is 0 Å². The third kappa shape index (κ3) is 2.65. The molecule has 2 aromatic rings. The number of aromatic amines is 1. The van der Waals surface area contributed by atoms with Gasteiger partial charge in [0, 0.05) is 22.9 Å². The molecule has 2 rings (SSSR count). The lowest BCUT2D eigenvalue weighted by Crippen LogP contribution is -2.18. The maximum Gasteiger partial charge on any atom is 0.254 e. The molecule has 4 nitrogen and oxygen atoms in total. The van der Waals surface area contributed by atoms with Gasteiger partial charge in [-0.2, -0.15) is 0 Å². The molecule has 0 saturated carbocycles. The number of aromatic hydroxyl groups is 1. The van der Waals surface area contributed by atoms with Gasteiger partial charge in [-0.15, -0.1) is 0 Å². The van der Waals surface area contributed by atoms with Crippen LogP contribution in [0.2, 0.25) is 0 Å². The molecule has 2 N–H and O–H groups in total. The van der Waals surface area contributed by atoms with Crippen LogP contribution in [0.5, 0.6) is 5.75 Å². The van der Waals surface area contributed by atoms with E-state index in [-0.39, 0.29) is 23.1 Å². The van der Waals surface area contributed by atoms with Gasteiger partial charge >= 0.3 is 0 Å². The van der Waals surface area contributed by atoms with E-state index in [1.165, 1.54) is 12.1 Å². The Balaban J connectivity index is 2.62. The van der Waals surface area contributed by atoms with E-state index in [4.69, 9.17) is 0 Å². The van der Waals surface area contributed by atoms with Gasteiger partial charge in [0.15, 0.2) is 0 Å². The predicted octanol–water partition coefficient (Wildman–Crippen LogP) is 2.71. The zero-order chi connectivity index (χ0) is 14.2. The normalized spacial score (nSPS) is 11.0. The molecule has 0 saturated heterocycles. The first kappa shape index (κ1) is 13.3. The van der Waals surface area contributed by atoms with Crippen LogP contribution in [0.25, 0.3) is 11.4 Å². The average molecular weight is 262 g/mol. The van der Waals surface area contributed by atoms with E-state index in [0.717, 1.165) is 6.07 Å². The van der Waals surface area contributed by atoms with Crippen LogP contribution in [0.3, 0.4) is 0 Å². The minimum absolute atomic E-state index is 0.0613. The highest BCUT2D eigenvalue weighted by molar-refractivity contribution is 5.57. The van der Waals surface area contributed by atoms with Gasteiger partial charge in [0.1, 0.15) is 17.4 Å². The van der Waals surface area contributed by atoms with E-state index in [1.54, 1.807) is 6.92 Å². The maximum absolute atomic E-state index is 13.2. The third-order valence-electron chi connectivity index (χ3n) is 2.88. The number of aryl methyl sites for hydroxylation is 1. The Labute approximate surface area is 110 Å². The lowest BCUT2D eigenvalue weighted by Gasteiger charge is -2.10. The number of H-pyrrole nitrogens is 1. The standard InChI is InChI=1S/C14H15FN2O2/c1-7(2)12-8(3)16-13(17-14(12)19)9-4-10(15)6-11(18)5-9/h4-7,18H,1-3H3,(H,16,17,19). The lowest BCUT2D eigenvalue weighted by atomic mass is 10.0. The smallest absolute Gasteiger partial charge is 0.254 e. The first-order chi connectivity index (χ1) is 8.88. The van der Waals surface area contributed by atoms with Crippen molar-refractivity contribution in [2.24, 2.45) is 0 Å². The number of rotatable bonds is 2. The Kier molecular flexibility index (Phi) is 3.38. The summed E-state index contributed by atoms with van der Waals surface area (Å²) in [5.74, 6) is -0.473. The third-order valence-corrected chi connectivity index (χ3v) is 2.88. The Morgan fingerprint density at radius 3 is 2.53 bits per heavy atom. The van der Waals surface area contributed by atoms with Gasteiger partial charge in [0.2, 0.25) is 0 Å². The summed E-state index contributed by atoms with van der Waals surface area (Å²) in [6.45, 7) is 5.56. The van der Waals surface area contributed by atoms with Crippen LogP contribution >= 0.6 is 0 Å². The molecule has 0 radical (unpaired) electrons. The molecular formula is C14H15FN2O2. The fourth-order valence-corrected chi connectivity index (χ4v) is 2.12. The molecule has 0 unspecified atom stereocenters. The first-order valence-corrected chi connectivity index (χ1v) is 5.99. The number of aromatic nitrogens is 2. The Morgan fingerprint density at radius 1 is 1.32 bits per heavy atom. The van der Waals surface area contributed by atoms with Gasteiger partial charge in [-0.3, -0.25) is 4.79 Å². The summed E-state index contributed by atoms with van der Waals surface area (Å²) in [5.41, 5.74) is 1.33. The fourth-order valence-electron chi connectivity index (χ4n) is 2.12. The molecular weight excluding hydrogens is 247 g/mol. The summed E-state index contributed by atoms with van der Waals surface area (Å²) in [4.78, 5) is 18.9. The van der Waals surface area contributed by atoms with Crippen molar-refractivity contribution in [2.75, 3.05) is 0 Å². The van der Waals surface area contributed by atoms with E-state index in [0.29, 0.717) is 16.8 Å². The number of phenols is 1. The zero-order valence-corrected chi connectivity index (χ0v) is 11.0. The van der Waals surface area contributed by atoms with Gasteiger partial charge in [0.25, 0.3) is 5.56 Å². The van der Waals surface area contributed by atoms with Crippen LogP contribution in [0.15, 0.2) is 23.0 Å². The quantitative estimate of drug-likeness (QED) is 0.874. The van der Waals surface area contributed by atoms with E-state index in [1.807, 2.05) is 13.8 Å². The summed E-state index contributed by atoms with van der Waals surface area (Å²) in [5, 5.41) is 9.38. The number of hydrogen-bond acceptors (Lipinski definition) is 3. The van der Waals surface area contributed by atoms with Crippen LogP contribution in [-0.4, -0.2) is 15.1 Å². The molecule has 1 heterocycles. The highest BCUT2D eigenvalue weighted by Gasteiger charge is 2.13. The first-order valence-electron chi connectivity index (χ1n) is 5.99. The Bertz CT molecular complexity index is 657.